The van der Waals surface area contributed by atoms with Crippen molar-refractivity contribution in [1.29, 1.82) is 0 Å². The Morgan fingerprint density at radius 2 is 1.96 bits per heavy atom. The summed E-state index contributed by atoms with van der Waals surface area (Å²) in [4.78, 5) is 36.9. The number of anilines is 2. The first kappa shape index (κ1) is 16.8. The van der Waals surface area contributed by atoms with Crippen molar-refractivity contribution in [1.82, 2.24) is 10.6 Å². The Morgan fingerprint density at radius 3 is 2.63 bits per heavy atom. The average molecular weight is 370 g/mol. The van der Waals surface area contributed by atoms with Crippen LogP contribution < -0.4 is 26.4 Å². The maximum atomic E-state index is 13.7. The molecule has 2 aromatic carbocycles. The van der Waals surface area contributed by atoms with E-state index in [0.717, 1.165) is 12.1 Å². The van der Waals surface area contributed by atoms with E-state index in [1.165, 1.54) is 6.07 Å². The SMILES string of the molecule is Nc1ccc(NC(=O)[C@@H]2C[C@]3(NC(=O)NC3=O)c3cc(F)ccc3O2)cc1. The molecule has 0 saturated carbocycles. The van der Waals surface area contributed by atoms with Crippen molar-refractivity contribution in [3.63, 3.8) is 0 Å². The van der Waals surface area contributed by atoms with Crippen LogP contribution in [0.5, 0.6) is 5.75 Å². The fourth-order valence-electron chi connectivity index (χ4n) is 3.28. The molecule has 8 nitrogen and oxygen atoms in total. The molecule has 2 aliphatic heterocycles. The molecule has 4 rings (SSSR count). The number of ether oxygens (including phenoxy) is 1. The molecule has 2 aliphatic rings. The number of amides is 4. The van der Waals surface area contributed by atoms with Crippen LogP contribution in [0.3, 0.4) is 0 Å². The van der Waals surface area contributed by atoms with Crippen molar-refractivity contribution in [2.45, 2.75) is 18.1 Å². The molecule has 2 aromatic rings. The number of nitrogens with one attached hydrogen (secondary N) is 3. The third-order valence-corrected chi connectivity index (χ3v) is 4.57. The average Bonchev–Trinajstić information content (AvgIpc) is 2.91. The van der Waals surface area contributed by atoms with E-state index in [2.05, 4.69) is 16.0 Å². The van der Waals surface area contributed by atoms with Gasteiger partial charge < -0.3 is 21.1 Å². The largest absolute Gasteiger partial charge is 0.480 e. The summed E-state index contributed by atoms with van der Waals surface area (Å²) < 4.78 is 19.4. The van der Waals surface area contributed by atoms with E-state index in [1.54, 1.807) is 24.3 Å². The summed E-state index contributed by atoms with van der Waals surface area (Å²) in [5.74, 6) is -1.61. The lowest BCUT2D eigenvalue weighted by Crippen LogP contribution is -2.53. The number of rotatable bonds is 2. The Balaban J connectivity index is 1.67. The molecule has 2 atom stereocenters. The van der Waals surface area contributed by atoms with Gasteiger partial charge in [-0.3, -0.25) is 14.9 Å². The highest BCUT2D eigenvalue weighted by molar-refractivity contribution is 6.08. The molecule has 0 radical (unpaired) electrons. The van der Waals surface area contributed by atoms with Crippen LogP contribution in [0.1, 0.15) is 12.0 Å². The summed E-state index contributed by atoms with van der Waals surface area (Å²) in [7, 11) is 0. The first-order valence-electron chi connectivity index (χ1n) is 8.14. The van der Waals surface area contributed by atoms with E-state index in [-0.39, 0.29) is 17.7 Å². The molecule has 0 aromatic heterocycles. The zero-order valence-electron chi connectivity index (χ0n) is 13.9. The molecule has 9 heteroatoms. The van der Waals surface area contributed by atoms with Crippen LogP contribution in [0, 0.1) is 5.82 Å². The summed E-state index contributed by atoms with van der Waals surface area (Å²) in [5.41, 5.74) is 5.26. The number of imide groups is 1. The molecule has 4 amide bonds. The maximum Gasteiger partial charge on any atom is 0.322 e. The van der Waals surface area contributed by atoms with E-state index in [1.807, 2.05) is 0 Å². The van der Waals surface area contributed by atoms with Gasteiger partial charge in [0, 0.05) is 23.4 Å². The van der Waals surface area contributed by atoms with Crippen molar-refractivity contribution in [2.75, 3.05) is 11.1 Å². The zero-order chi connectivity index (χ0) is 19.2. The van der Waals surface area contributed by atoms with E-state index in [9.17, 15) is 18.8 Å². The molecule has 1 spiro atoms. The molecule has 0 unspecified atom stereocenters. The Labute approximate surface area is 152 Å². The van der Waals surface area contributed by atoms with Crippen molar-refractivity contribution in [2.24, 2.45) is 0 Å². The second-order valence-electron chi connectivity index (χ2n) is 6.38. The number of nitrogens with two attached hydrogens (primary N) is 1. The Kier molecular flexibility index (Phi) is 3.72. The predicted octanol–water partition coefficient (Wildman–Crippen LogP) is 1.23. The van der Waals surface area contributed by atoms with E-state index >= 15 is 0 Å². The van der Waals surface area contributed by atoms with Crippen molar-refractivity contribution in [3.8, 4) is 5.75 Å². The quantitative estimate of drug-likeness (QED) is 0.468. The minimum atomic E-state index is -1.57. The first-order chi connectivity index (χ1) is 12.9. The first-order valence-corrected chi connectivity index (χ1v) is 8.14. The van der Waals surface area contributed by atoms with Crippen molar-refractivity contribution >= 4 is 29.2 Å². The van der Waals surface area contributed by atoms with Gasteiger partial charge in [-0.1, -0.05) is 0 Å². The van der Waals surface area contributed by atoms with Gasteiger partial charge in [-0.15, -0.1) is 0 Å². The molecule has 138 valence electrons. The summed E-state index contributed by atoms with van der Waals surface area (Å²) >= 11 is 0. The van der Waals surface area contributed by atoms with Gasteiger partial charge in [0.15, 0.2) is 11.6 Å². The van der Waals surface area contributed by atoms with Gasteiger partial charge in [0.1, 0.15) is 11.6 Å². The van der Waals surface area contributed by atoms with Crippen LogP contribution >= 0.6 is 0 Å². The highest BCUT2D eigenvalue weighted by Gasteiger charge is 2.54. The molecule has 1 fully saturated rings. The zero-order valence-corrected chi connectivity index (χ0v) is 13.9. The smallest absolute Gasteiger partial charge is 0.322 e. The highest BCUT2D eigenvalue weighted by Crippen LogP contribution is 2.41. The predicted molar refractivity (Wildman–Crippen MR) is 93.3 cm³/mol. The normalized spacial score (nSPS) is 23.2. The maximum absolute atomic E-state index is 13.7. The number of hydrogen-bond donors (Lipinski definition) is 4. The number of benzene rings is 2. The van der Waals surface area contributed by atoms with Crippen LogP contribution in [0.25, 0.3) is 0 Å². The van der Waals surface area contributed by atoms with E-state index in [0.29, 0.717) is 11.4 Å². The summed E-state index contributed by atoms with van der Waals surface area (Å²) in [6, 6.07) is 9.39. The molecule has 2 heterocycles. The number of hydrogen-bond acceptors (Lipinski definition) is 5. The lowest BCUT2D eigenvalue weighted by Gasteiger charge is -2.36. The Bertz CT molecular complexity index is 962. The standard InChI is InChI=1S/C18H15FN4O4/c19-9-1-6-13-12(7-9)18(16(25)22-17(26)23-18)8-14(27-13)15(24)21-11-4-2-10(20)3-5-11/h1-7,14H,8,20H2,(H,21,24)(H2,22,23,25,26)/t14-,18-/m0/s1. The fraction of sp³-hybridized carbons (Fsp3) is 0.167. The number of carbonyl (C=O) groups excluding carboxylic acids is 3. The van der Waals surface area contributed by atoms with Crippen LogP contribution in [0.4, 0.5) is 20.6 Å². The number of nitrogen functional groups attached to an aromatic ring is 1. The third-order valence-electron chi connectivity index (χ3n) is 4.57. The minimum absolute atomic E-state index is 0.150. The van der Waals surface area contributed by atoms with Gasteiger partial charge in [0.25, 0.3) is 11.8 Å². The van der Waals surface area contributed by atoms with Gasteiger partial charge in [-0.25, -0.2) is 9.18 Å². The van der Waals surface area contributed by atoms with Gasteiger partial charge in [0.2, 0.25) is 0 Å². The lowest BCUT2D eigenvalue weighted by molar-refractivity contribution is -0.129. The molecular formula is C18H15FN4O4. The summed E-state index contributed by atoms with van der Waals surface area (Å²) in [5, 5.41) is 7.33. The minimum Gasteiger partial charge on any atom is -0.480 e. The molecule has 27 heavy (non-hydrogen) atoms. The molecule has 5 N–H and O–H groups in total. The number of halogens is 1. The lowest BCUT2D eigenvalue weighted by atomic mass is 9.81. The van der Waals surface area contributed by atoms with Crippen LogP contribution in [-0.2, 0) is 15.1 Å². The van der Waals surface area contributed by atoms with Crippen molar-refractivity contribution < 1.29 is 23.5 Å². The number of carbonyl (C=O) groups is 3. The number of urea groups is 1. The monoisotopic (exact) mass is 370 g/mol. The van der Waals surface area contributed by atoms with Crippen LogP contribution in [0.15, 0.2) is 42.5 Å². The fourth-order valence-corrected chi connectivity index (χ4v) is 3.28. The Morgan fingerprint density at radius 1 is 1.22 bits per heavy atom. The van der Waals surface area contributed by atoms with Crippen molar-refractivity contribution in [3.05, 3.63) is 53.8 Å². The second-order valence-corrected chi connectivity index (χ2v) is 6.38. The van der Waals surface area contributed by atoms with E-state index < -0.39 is 35.3 Å². The highest BCUT2D eigenvalue weighted by atomic mass is 19.1. The van der Waals surface area contributed by atoms with E-state index in [4.69, 9.17) is 10.5 Å². The van der Waals surface area contributed by atoms with Gasteiger partial charge >= 0.3 is 6.03 Å². The third kappa shape index (κ3) is 2.82. The van der Waals surface area contributed by atoms with Gasteiger partial charge in [-0.2, -0.15) is 0 Å². The second kappa shape index (κ2) is 5.97. The topological polar surface area (TPSA) is 123 Å². The summed E-state index contributed by atoms with van der Waals surface area (Å²) in [6.07, 6.45) is -1.26. The Hall–Kier alpha value is -3.62. The molecule has 1 saturated heterocycles. The molecule has 0 bridgehead atoms. The van der Waals surface area contributed by atoms with Crippen LogP contribution in [-0.4, -0.2) is 23.9 Å². The molecular weight excluding hydrogens is 355 g/mol. The van der Waals surface area contributed by atoms with Crippen LogP contribution in [0.2, 0.25) is 0 Å². The summed E-state index contributed by atoms with van der Waals surface area (Å²) in [6.45, 7) is 0. The number of fused-ring (bicyclic) bond motifs is 2. The molecule has 0 aliphatic carbocycles. The van der Waals surface area contributed by atoms with Gasteiger partial charge in [0.05, 0.1) is 0 Å². The van der Waals surface area contributed by atoms with Gasteiger partial charge in [-0.05, 0) is 42.5 Å².